The van der Waals surface area contributed by atoms with E-state index in [0.717, 1.165) is 0 Å². The van der Waals surface area contributed by atoms with Gasteiger partial charge < -0.3 is 14.2 Å². The summed E-state index contributed by atoms with van der Waals surface area (Å²) in [5.41, 5.74) is -0.204. The molecule has 1 fully saturated rings. The Balaban J connectivity index is 1.95. The van der Waals surface area contributed by atoms with E-state index in [4.69, 9.17) is 9.26 Å². The summed E-state index contributed by atoms with van der Waals surface area (Å²) in [6.45, 7) is 9.50. The molecule has 1 N–H and O–H groups in total. The maximum Gasteiger partial charge on any atom is 0.410 e. The number of piperidine rings is 1. The molecule has 1 aliphatic heterocycles. The van der Waals surface area contributed by atoms with Gasteiger partial charge in [0.05, 0.1) is 0 Å². The van der Waals surface area contributed by atoms with Gasteiger partial charge in [0, 0.05) is 19.1 Å². The molecule has 9 heteroatoms. The Labute approximate surface area is 142 Å². The van der Waals surface area contributed by atoms with E-state index in [1.807, 2.05) is 20.8 Å². The van der Waals surface area contributed by atoms with E-state index in [1.165, 1.54) is 0 Å². The van der Waals surface area contributed by atoms with Crippen LogP contribution < -0.4 is 4.72 Å². The van der Waals surface area contributed by atoms with Crippen LogP contribution in [0.2, 0.25) is 0 Å². The third kappa shape index (κ3) is 4.47. The molecule has 1 aromatic heterocycles. The van der Waals surface area contributed by atoms with Crippen molar-refractivity contribution in [3.8, 4) is 0 Å². The molecule has 0 radical (unpaired) electrons. The number of nitrogens with one attached hydrogen (secondary N) is 1. The van der Waals surface area contributed by atoms with Gasteiger partial charge in [0.2, 0.25) is 10.0 Å². The number of sulfonamides is 1. The van der Waals surface area contributed by atoms with E-state index < -0.39 is 15.6 Å². The van der Waals surface area contributed by atoms with Crippen molar-refractivity contribution in [2.75, 3.05) is 13.1 Å². The highest BCUT2D eigenvalue weighted by atomic mass is 32.2. The minimum absolute atomic E-state index is 0.0945. The summed E-state index contributed by atoms with van der Waals surface area (Å²) < 4.78 is 37.9. The average Bonchev–Trinajstić information content (AvgIpc) is 2.77. The van der Waals surface area contributed by atoms with Gasteiger partial charge in [-0.1, -0.05) is 5.16 Å². The zero-order valence-corrected chi connectivity index (χ0v) is 15.6. The summed E-state index contributed by atoms with van der Waals surface area (Å²) in [4.78, 5) is 13.7. The Hall–Kier alpha value is -1.61. The topological polar surface area (TPSA) is 102 Å². The lowest BCUT2D eigenvalue weighted by molar-refractivity contribution is 0.0204. The van der Waals surface area contributed by atoms with Gasteiger partial charge in [-0.3, -0.25) is 0 Å². The van der Waals surface area contributed by atoms with Crippen LogP contribution >= 0.6 is 0 Å². The summed E-state index contributed by atoms with van der Waals surface area (Å²) in [5.74, 6) is 0.270. The number of carbonyl (C=O) groups is 1. The van der Waals surface area contributed by atoms with Crippen LogP contribution in [0.15, 0.2) is 9.42 Å². The number of hydrogen-bond acceptors (Lipinski definition) is 6. The lowest BCUT2D eigenvalue weighted by atomic mass is 10.1. The van der Waals surface area contributed by atoms with E-state index in [-0.39, 0.29) is 22.8 Å². The molecule has 1 aromatic rings. The van der Waals surface area contributed by atoms with Crippen molar-refractivity contribution in [1.29, 1.82) is 0 Å². The predicted molar refractivity (Wildman–Crippen MR) is 87.1 cm³/mol. The van der Waals surface area contributed by atoms with Crippen LogP contribution in [0.25, 0.3) is 0 Å². The minimum atomic E-state index is -3.69. The van der Waals surface area contributed by atoms with Crippen molar-refractivity contribution in [2.45, 2.75) is 64.0 Å². The first-order valence-electron chi connectivity index (χ1n) is 7.93. The Morgan fingerprint density at radius 3 is 2.33 bits per heavy atom. The molecule has 0 aromatic carbocycles. The molecule has 1 aliphatic rings. The molecule has 0 aliphatic carbocycles. The predicted octanol–water partition coefficient (Wildman–Crippen LogP) is 1.97. The summed E-state index contributed by atoms with van der Waals surface area (Å²) >= 11 is 0. The number of likely N-dealkylation sites (tertiary alicyclic amines) is 1. The number of aromatic nitrogens is 1. The molecule has 0 spiro atoms. The highest BCUT2D eigenvalue weighted by Crippen LogP contribution is 2.21. The molecule has 2 heterocycles. The largest absolute Gasteiger partial charge is 0.444 e. The summed E-state index contributed by atoms with van der Waals surface area (Å²) in [6.07, 6.45) is 0.693. The average molecular weight is 359 g/mol. The van der Waals surface area contributed by atoms with Crippen molar-refractivity contribution in [2.24, 2.45) is 0 Å². The van der Waals surface area contributed by atoms with Crippen LogP contribution in [-0.2, 0) is 14.8 Å². The van der Waals surface area contributed by atoms with Crippen LogP contribution in [0.4, 0.5) is 4.79 Å². The number of aryl methyl sites for hydroxylation is 2. The Bertz CT molecular complexity index is 678. The van der Waals surface area contributed by atoms with Crippen LogP contribution in [-0.4, -0.2) is 49.3 Å². The third-order valence-electron chi connectivity index (χ3n) is 3.71. The van der Waals surface area contributed by atoms with Gasteiger partial charge in [-0.15, -0.1) is 0 Å². The lowest BCUT2D eigenvalue weighted by Crippen LogP contribution is -2.47. The number of amides is 1. The second-order valence-corrected chi connectivity index (χ2v) is 8.67. The van der Waals surface area contributed by atoms with Gasteiger partial charge in [0.25, 0.3) is 0 Å². The van der Waals surface area contributed by atoms with E-state index in [0.29, 0.717) is 31.6 Å². The normalized spacial score (nSPS) is 17.1. The molecule has 0 unspecified atom stereocenters. The zero-order valence-electron chi connectivity index (χ0n) is 14.7. The van der Waals surface area contributed by atoms with Gasteiger partial charge in [0.1, 0.15) is 16.2 Å². The molecule has 0 saturated carbocycles. The van der Waals surface area contributed by atoms with Gasteiger partial charge >= 0.3 is 6.09 Å². The van der Waals surface area contributed by atoms with Crippen molar-refractivity contribution in [3.63, 3.8) is 0 Å². The van der Waals surface area contributed by atoms with Crippen LogP contribution in [0, 0.1) is 13.8 Å². The van der Waals surface area contributed by atoms with Gasteiger partial charge in [-0.05, 0) is 47.5 Å². The fourth-order valence-electron chi connectivity index (χ4n) is 2.64. The molecule has 24 heavy (non-hydrogen) atoms. The van der Waals surface area contributed by atoms with Gasteiger partial charge in [0.15, 0.2) is 5.76 Å². The van der Waals surface area contributed by atoms with Crippen molar-refractivity contribution in [1.82, 2.24) is 14.8 Å². The molecular weight excluding hydrogens is 334 g/mol. The SMILES string of the molecule is Cc1noc(C)c1S(=O)(=O)NC1CCN(C(=O)OC(C)(C)C)CC1. The Morgan fingerprint density at radius 1 is 1.29 bits per heavy atom. The second kappa shape index (κ2) is 6.72. The summed E-state index contributed by atoms with van der Waals surface area (Å²) in [5, 5.41) is 3.68. The standard InChI is InChI=1S/C15H25N3O5S/c1-10-13(11(2)23-16-10)24(20,21)17-12-6-8-18(9-7-12)14(19)22-15(3,4)5/h12,17H,6-9H2,1-5H3. The van der Waals surface area contributed by atoms with E-state index >= 15 is 0 Å². The van der Waals surface area contributed by atoms with Gasteiger partial charge in [-0.25, -0.2) is 17.9 Å². The summed E-state index contributed by atoms with van der Waals surface area (Å²) in [7, 11) is -3.69. The molecule has 1 saturated heterocycles. The first-order valence-corrected chi connectivity index (χ1v) is 9.41. The van der Waals surface area contributed by atoms with Crippen LogP contribution in [0.1, 0.15) is 45.1 Å². The highest BCUT2D eigenvalue weighted by molar-refractivity contribution is 7.89. The second-order valence-electron chi connectivity index (χ2n) is 7.02. The quantitative estimate of drug-likeness (QED) is 0.885. The summed E-state index contributed by atoms with van der Waals surface area (Å²) in [6, 6.07) is -0.234. The van der Waals surface area contributed by atoms with E-state index in [2.05, 4.69) is 9.88 Å². The molecular formula is C15H25N3O5S. The first kappa shape index (κ1) is 18.7. The molecule has 8 nitrogen and oxygen atoms in total. The molecule has 1 amide bonds. The number of rotatable bonds is 3. The number of carbonyl (C=O) groups excluding carboxylic acids is 1. The van der Waals surface area contributed by atoms with E-state index in [9.17, 15) is 13.2 Å². The van der Waals surface area contributed by atoms with Crippen LogP contribution in [0.3, 0.4) is 0 Å². The number of nitrogens with zero attached hydrogens (tertiary/aromatic N) is 2. The molecule has 2 rings (SSSR count). The smallest absolute Gasteiger partial charge is 0.410 e. The number of hydrogen-bond donors (Lipinski definition) is 1. The zero-order chi connectivity index (χ0) is 18.1. The maximum atomic E-state index is 12.5. The van der Waals surface area contributed by atoms with Crippen LogP contribution in [0.5, 0.6) is 0 Å². The number of ether oxygens (including phenoxy) is 1. The maximum absolute atomic E-state index is 12.5. The van der Waals surface area contributed by atoms with Gasteiger partial charge in [-0.2, -0.15) is 0 Å². The fourth-order valence-corrected chi connectivity index (χ4v) is 4.28. The minimum Gasteiger partial charge on any atom is -0.444 e. The molecule has 0 atom stereocenters. The Kier molecular flexibility index (Phi) is 5.24. The third-order valence-corrected chi connectivity index (χ3v) is 5.47. The van der Waals surface area contributed by atoms with E-state index in [1.54, 1.807) is 18.7 Å². The highest BCUT2D eigenvalue weighted by Gasteiger charge is 2.31. The van der Waals surface area contributed by atoms with Crippen molar-refractivity contribution in [3.05, 3.63) is 11.5 Å². The first-order chi connectivity index (χ1) is 11.0. The fraction of sp³-hybridized carbons (Fsp3) is 0.733. The lowest BCUT2D eigenvalue weighted by Gasteiger charge is -2.33. The Morgan fingerprint density at radius 2 is 1.88 bits per heavy atom. The van der Waals surface area contributed by atoms with Crippen molar-refractivity contribution < 1.29 is 22.5 Å². The van der Waals surface area contributed by atoms with Crippen molar-refractivity contribution >= 4 is 16.1 Å². The molecule has 136 valence electrons. The monoisotopic (exact) mass is 359 g/mol. The molecule has 0 bridgehead atoms.